The molecule has 2 unspecified atom stereocenters. The van der Waals surface area contributed by atoms with Crippen LogP contribution in [0, 0.1) is 5.92 Å². The van der Waals surface area contributed by atoms with Gasteiger partial charge in [-0.15, -0.1) is 6.58 Å². The molecule has 1 saturated heterocycles. The molecule has 1 heterocycles. The Morgan fingerprint density at radius 2 is 2.50 bits per heavy atom. The molecule has 1 amide bonds. The summed E-state index contributed by atoms with van der Waals surface area (Å²) in [7, 11) is 0. The second kappa shape index (κ2) is 2.86. The summed E-state index contributed by atoms with van der Waals surface area (Å²) in [5.74, 6) is 0.451. The minimum absolute atomic E-state index is 0.203. The first-order chi connectivity index (χ1) is 4.79. The number of carbonyl (C=O) groups excluding carboxylic acids is 1. The zero-order chi connectivity index (χ0) is 7.56. The molecule has 0 spiro atoms. The van der Waals surface area contributed by atoms with Crippen LogP contribution in [-0.2, 0) is 4.79 Å². The van der Waals surface area contributed by atoms with Crippen molar-refractivity contribution in [2.75, 3.05) is 0 Å². The van der Waals surface area contributed by atoms with Gasteiger partial charge in [0, 0.05) is 6.04 Å². The molecule has 1 aliphatic rings. The van der Waals surface area contributed by atoms with E-state index in [1.807, 2.05) is 13.0 Å². The molecule has 2 heteroatoms. The summed E-state index contributed by atoms with van der Waals surface area (Å²) < 4.78 is 0. The van der Waals surface area contributed by atoms with E-state index < -0.39 is 0 Å². The van der Waals surface area contributed by atoms with Gasteiger partial charge in [0.05, 0.1) is 5.92 Å². The second-order valence-electron chi connectivity index (χ2n) is 2.65. The van der Waals surface area contributed by atoms with Gasteiger partial charge in [-0.2, -0.15) is 0 Å². The second-order valence-corrected chi connectivity index (χ2v) is 2.65. The first kappa shape index (κ1) is 7.32. The lowest BCUT2D eigenvalue weighted by Gasteiger charge is -2.35. The molecule has 0 aromatic carbocycles. The molecular weight excluding hydrogens is 126 g/mol. The standard InChI is InChI=1S/C8H13NO/c1-3-5-7-6(4-2)8(10)9-7/h3,6-7H,1,4-5H2,2H3,(H,9,10). The maximum absolute atomic E-state index is 10.8. The van der Waals surface area contributed by atoms with Gasteiger partial charge in [-0.3, -0.25) is 4.79 Å². The fourth-order valence-electron chi connectivity index (χ4n) is 1.35. The van der Waals surface area contributed by atoms with Gasteiger partial charge in [0.25, 0.3) is 0 Å². The summed E-state index contributed by atoms with van der Waals surface area (Å²) in [6.45, 7) is 5.67. The van der Waals surface area contributed by atoms with Crippen molar-refractivity contribution >= 4 is 5.91 Å². The fourth-order valence-corrected chi connectivity index (χ4v) is 1.35. The van der Waals surface area contributed by atoms with Gasteiger partial charge in [-0.1, -0.05) is 13.0 Å². The zero-order valence-corrected chi connectivity index (χ0v) is 6.26. The number of hydrogen-bond acceptors (Lipinski definition) is 1. The quantitative estimate of drug-likeness (QED) is 0.460. The van der Waals surface area contributed by atoms with Crippen LogP contribution in [0.2, 0.25) is 0 Å². The predicted molar refractivity (Wildman–Crippen MR) is 40.5 cm³/mol. The predicted octanol–water partition coefficient (Wildman–Crippen LogP) is 1.09. The van der Waals surface area contributed by atoms with Crippen molar-refractivity contribution in [3.63, 3.8) is 0 Å². The molecule has 10 heavy (non-hydrogen) atoms. The summed E-state index contributed by atoms with van der Waals surface area (Å²) in [5.41, 5.74) is 0. The van der Waals surface area contributed by atoms with Gasteiger partial charge in [-0.25, -0.2) is 0 Å². The van der Waals surface area contributed by atoms with Crippen LogP contribution in [0.5, 0.6) is 0 Å². The Labute approximate surface area is 61.3 Å². The molecular formula is C8H13NO. The van der Waals surface area contributed by atoms with Gasteiger partial charge < -0.3 is 5.32 Å². The number of β-lactam (4-membered cyclic amide) rings is 1. The molecule has 0 aliphatic carbocycles. The Morgan fingerprint density at radius 3 is 2.90 bits per heavy atom. The van der Waals surface area contributed by atoms with Crippen LogP contribution < -0.4 is 5.32 Å². The van der Waals surface area contributed by atoms with Crippen LogP contribution in [0.1, 0.15) is 19.8 Å². The number of amides is 1. The molecule has 1 rings (SSSR count). The minimum atomic E-state index is 0.203. The number of carbonyl (C=O) groups is 1. The van der Waals surface area contributed by atoms with Gasteiger partial charge in [0.2, 0.25) is 5.91 Å². The third kappa shape index (κ3) is 1.06. The number of rotatable bonds is 3. The number of nitrogens with one attached hydrogen (secondary N) is 1. The number of hydrogen-bond donors (Lipinski definition) is 1. The van der Waals surface area contributed by atoms with Crippen molar-refractivity contribution in [2.45, 2.75) is 25.8 Å². The average molecular weight is 139 g/mol. The molecule has 1 N–H and O–H groups in total. The first-order valence-electron chi connectivity index (χ1n) is 3.70. The highest BCUT2D eigenvalue weighted by Crippen LogP contribution is 2.20. The van der Waals surface area contributed by atoms with E-state index in [4.69, 9.17) is 0 Å². The van der Waals surface area contributed by atoms with Crippen molar-refractivity contribution < 1.29 is 4.79 Å². The monoisotopic (exact) mass is 139 g/mol. The van der Waals surface area contributed by atoms with Crippen LogP contribution in [0.15, 0.2) is 12.7 Å². The summed E-state index contributed by atoms with van der Waals surface area (Å²) >= 11 is 0. The lowest BCUT2D eigenvalue weighted by atomic mass is 9.86. The Morgan fingerprint density at radius 1 is 1.80 bits per heavy atom. The van der Waals surface area contributed by atoms with Crippen molar-refractivity contribution in [1.29, 1.82) is 0 Å². The van der Waals surface area contributed by atoms with Crippen LogP contribution >= 0.6 is 0 Å². The lowest BCUT2D eigenvalue weighted by molar-refractivity contribution is -0.135. The third-order valence-corrected chi connectivity index (χ3v) is 2.01. The van der Waals surface area contributed by atoms with Gasteiger partial charge in [0.1, 0.15) is 0 Å². The highest BCUT2D eigenvalue weighted by Gasteiger charge is 2.36. The molecule has 0 saturated carbocycles. The molecule has 0 aromatic rings. The normalized spacial score (nSPS) is 30.7. The topological polar surface area (TPSA) is 29.1 Å². The van der Waals surface area contributed by atoms with Gasteiger partial charge in [-0.05, 0) is 12.8 Å². The van der Waals surface area contributed by atoms with Crippen molar-refractivity contribution in [3.8, 4) is 0 Å². The maximum atomic E-state index is 10.8. The lowest BCUT2D eigenvalue weighted by Crippen LogP contribution is -2.57. The van der Waals surface area contributed by atoms with Crippen LogP contribution in [-0.4, -0.2) is 11.9 Å². The minimum Gasteiger partial charge on any atom is -0.352 e. The molecule has 56 valence electrons. The van der Waals surface area contributed by atoms with Crippen LogP contribution in [0.3, 0.4) is 0 Å². The van der Waals surface area contributed by atoms with E-state index in [0.717, 1.165) is 12.8 Å². The smallest absolute Gasteiger partial charge is 0.225 e. The van der Waals surface area contributed by atoms with E-state index in [-0.39, 0.29) is 11.8 Å². The van der Waals surface area contributed by atoms with E-state index in [0.29, 0.717) is 6.04 Å². The highest BCUT2D eigenvalue weighted by molar-refractivity contribution is 5.85. The molecule has 0 radical (unpaired) electrons. The molecule has 0 aromatic heterocycles. The average Bonchev–Trinajstić information content (AvgIpc) is 1.88. The Balaban J connectivity index is 2.37. The first-order valence-corrected chi connectivity index (χ1v) is 3.70. The fraction of sp³-hybridized carbons (Fsp3) is 0.625. The molecule has 1 fully saturated rings. The summed E-state index contributed by atoms with van der Waals surface area (Å²) in [4.78, 5) is 10.8. The SMILES string of the molecule is C=CCC1NC(=O)C1CC. The summed E-state index contributed by atoms with van der Waals surface area (Å²) in [6, 6.07) is 0.370. The van der Waals surface area contributed by atoms with Gasteiger partial charge >= 0.3 is 0 Å². The molecule has 2 atom stereocenters. The summed E-state index contributed by atoms with van der Waals surface area (Å²) in [6.07, 6.45) is 3.71. The largest absolute Gasteiger partial charge is 0.352 e. The molecule has 2 nitrogen and oxygen atoms in total. The van der Waals surface area contributed by atoms with E-state index >= 15 is 0 Å². The third-order valence-electron chi connectivity index (χ3n) is 2.01. The Hall–Kier alpha value is -0.790. The molecule has 0 bridgehead atoms. The summed E-state index contributed by atoms with van der Waals surface area (Å²) in [5, 5.41) is 2.83. The van der Waals surface area contributed by atoms with Crippen molar-refractivity contribution in [3.05, 3.63) is 12.7 Å². The van der Waals surface area contributed by atoms with E-state index in [2.05, 4.69) is 11.9 Å². The zero-order valence-electron chi connectivity index (χ0n) is 6.26. The van der Waals surface area contributed by atoms with Crippen molar-refractivity contribution in [1.82, 2.24) is 5.32 Å². The van der Waals surface area contributed by atoms with Crippen LogP contribution in [0.25, 0.3) is 0 Å². The van der Waals surface area contributed by atoms with E-state index in [1.54, 1.807) is 0 Å². The van der Waals surface area contributed by atoms with E-state index in [1.165, 1.54) is 0 Å². The Bertz CT molecular complexity index is 151. The van der Waals surface area contributed by atoms with Crippen molar-refractivity contribution in [2.24, 2.45) is 5.92 Å². The van der Waals surface area contributed by atoms with Crippen LogP contribution in [0.4, 0.5) is 0 Å². The maximum Gasteiger partial charge on any atom is 0.225 e. The van der Waals surface area contributed by atoms with Gasteiger partial charge in [0.15, 0.2) is 0 Å². The highest BCUT2D eigenvalue weighted by atomic mass is 16.2. The molecule has 1 aliphatic heterocycles. The Kier molecular flexibility index (Phi) is 2.10. The van der Waals surface area contributed by atoms with E-state index in [9.17, 15) is 4.79 Å².